The van der Waals surface area contributed by atoms with Crippen molar-refractivity contribution in [3.8, 4) is 0 Å². The molecule has 1 aliphatic rings. The lowest BCUT2D eigenvalue weighted by Gasteiger charge is -2.33. The molecule has 0 bridgehead atoms. The molecule has 0 amide bonds. The molecule has 168 valence electrons. The first-order valence-electron chi connectivity index (χ1n) is 11.5. The third kappa shape index (κ3) is 4.54. The summed E-state index contributed by atoms with van der Waals surface area (Å²) >= 11 is 0. The molecule has 3 aromatic carbocycles. The van der Waals surface area contributed by atoms with E-state index in [4.69, 9.17) is 4.74 Å². The minimum Gasteiger partial charge on any atom is -0.462 e. The van der Waals surface area contributed by atoms with Gasteiger partial charge in [0.2, 0.25) is 0 Å². The maximum Gasteiger partial charge on any atom is 0.338 e. The molecule has 4 rings (SSSR count). The van der Waals surface area contributed by atoms with Crippen LogP contribution >= 0.6 is 0 Å². The lowest BCUT2D eigenvalue weighted by molar-refractivity contribution is -0.117. The Labute approximate surface area is 196 Å². The van der Waals surface area contributed by atoms with E-state index in [0.717, 1.165) is 17.5 Å². The quantitative estimate of drug-likeness (QED) is 0.402. The van der Waals surface area contributed by atoms with Gasteiger partial charge in [-0.1, -0.05) is 74.5 Å². The number of Topliss-reactive ketones (excluding diaryl/α,β-unsaturated/α-hetero) is 1. The number of esters is 1. The summed E-state index contributed by atoms with van der Waals surface area (Å²) in [6.45, 7) is 8.27. The number of carbonyl (C=O) groups excluding carboxylic acids is 2. The van der Waals surface area contributed by atoms with E-state index in [0.29, 0.717) is 12.2 Å². The molecule has 3 heteroatoms. The molecule has 33 heavy (non-hydrogen) atoms. The van der Waals surface area contributed by atoms with Crippen LogP contribution in [0.2, 0.25) is 0 Å². The highest BCUT2D eigenvalue weighted by atomic mass is 16.5. The fourth-order valence-electron chi connectivity index (χ4n) is 4.71. The van der Waals surface area contributed by atoms with Gasteiger partial charge in [-0.2, -0.15) is 0 Å². The maximum atomic E-state index is 12.8. The van der Waals surface area contributed by atoms with Crippen molar-refractivity contribution in [1.82, 2.24) is 0 Å². The highest BCUT2D eigenvalue weighted by molar-refractivity contribution is 5.91. The van der Waals surface area contributed by atoms with E-state index >= 15 is 0 Å². The zero-order valence-corrected chi connectivity index (χ0v) is 19.7. The standard InChI is InChI=1S/C30H30O3/c1-5-33-29(32)23-13-11-22(12-14-23)28(20(2)31)24-15-16-27-26(19-24)25(17-18-30(27,3)4)21-9-7-6-8-10-21/h6-17,19,28H,5,18H2,1-4H3. The number of carbonyl (C=O) groups is 2. The van der Waals surface area contributed by atoms with Gasteiger partial charge in [0.25, 0.3) is 0 Å². The number of hydrogen-bond donors (Lipinski definition) is 0. The molecule has 0 radical (unpaired) electrons. The number of allylic oxidation sites excluding steroid dienone is 1. The van der Waals surface area contributed by atoms with Crippen LogP contribution in [0.4, 0.5) is 0 Å². The zero-order valence-electron chi connectivity index (χ0n) is 19.7. The van der Waals surface area contributed by atoms with Gasteiger partial charge in [-0.25, -0.2) is 4.79 Å². The monoisotopic (exact) mass is 438 g/mol. The van der Waals surface area contributed by atoms with Gasteiger partial charge in [0, 0.05) is 0 Å². The molecule has 0 aliphatic heterocycles. The summed E-state index contributed by atoms with van der Waals surface area (Å²) in [5.74, 6) is -0.676. The Bertz CT molecular complexity index is 1200. The van der Waals surface area contributed by atoms with Crippen molar-refractivity contribution in [3.05, 3.63) is 112 Å². The van der Waals surface area contributed by atoms with E-state index < -0.39 is 5.92 Å². The number of benzene rings is 3. The molecule has 0 spiro atoms. The number of hydrogen-bond acceptors (Lipinski definition) is 3. The molecule has 3 nitrogen and oxygen atoms in total. The van der Waals surface area contributed by atoms with Crippen molar-refractivity contribution in [2.45, 2.75) is 45.4 Å². The molecule has 0 saturated heterocycles. The van der Waals surface area contributed by atoms with E-state index in [1.165, 1.54) is 22.3 Å². The predicted molar refractivity (Wildman–Crippen MR) is 133 cm³/mol. The van der Waals surface area contributed by atoms with Gasteiger partial charge in [0.05, 0.1) is 18.1 Å². The van der Waals surface area contributed by atoms with Crippen molar-refractivity contribution in [3.63, 3.8) is 0 Å². The minimum absolute atomic E-state index is 0.0269. The van der Waals surface area contributed by atoms with E-state index in [1.807, 2.05) is 18.2 Å². The van der Waals surface area contributed by atoms with E-state index in [-0.39, 0.29) is 17.2 Å². The number of rotatable bonds is 6. The van der Waals surface area contributed by atoms with Crippen LogP contribution in [0.25, 0.3) is 5.57 Å². The second kappa shape index (κ2) is 9.19. The molecular formula is C30H30O3. The Morgan fingerprint density at radius 2 is 1.61 bits per heavy atom. The summed E-state index contributed by atoms with van der Waals surface area (Å²) in [6, 6.07) is 24.1. The Balaban J connectivity index is 1.78. The normalized spacial score (nSPS) is 15.2. The molecule has 1 atom stereocenters. The van der Waals surface area contributed by atoms with E-state index in [2.05, 4.69) is 62.4 Å². The average molecular weight is 439 g/mol. The minimum atomic E-state index is -0.395. The van der Waals surface area contributed by atoms with Gasteiger partial charge in [-0.15, -0.1) is 0 Å². The van der Waals surface area contributed by atoms with E-state index in [9.17, 15) is 9.59 Å². The largest absolute Gasteiger partial charge is 0.462 e. The number of ketones is 1. The zero-order chi connectivity index (χ0) is 23.6. The summed E-state index contributed by atoms with van der Waals surface area (Å²) in [5, 5.41) is 0. The summed E-state index contributed by atoms with van der Waals surface area (Å²) in [6.07, 6.45) is 3.29. The van der Waals surface area contributed by atoms with Crippen molar-refractivity contribution in [2.24, 2.45) is 0 Å². The van der Waals surface area contributed by atoms with Crippen LogP contribution < -0.4 is 0 Å². The second-order valence-corrected chi connectivity index (χ2v) is 9.26. The summed E-state index contributed by atoms with van der Waals surface area (Å²) in [5.41, 5.74) is 7.23. The summed E-state index contributed by atoms with van der Waals surface area (Å²) in [4.78, 5) is 24.8. The Kier molecular flexibility index (Phi) is 6.33. The lowest BCUT2D eigenvalue weighted by Crippen LogP contribution is -2.22. The van der Waals surface area contributed by atoms with Crippen molar-refractivity contribution < 1.29 is 14.3 Å². The smallest absolute Gasteiger partial charge is 0.338 e. The van der Waals surface area contributed by atoms with Crippen LogP contribution in [0.15, 0.2) is 78.9 Å². The fraction of sp³-hybridized carbons (Fsp3) is 0.267. The van der Waals surface area contributed by atoms with Gasteiger partial charge < -0.3 is 4.74 Å². The molecule has 0 N–H and O–H groups in total. The van der Waals surface area contributed by atoms with Crippen molar-refractivity contribution in [2.75, 3.05) is 6.61 Å². The second-order valence-electron chi connectivity index (χ2n) is 9.26. The molecule has 0 fully saturated rings. The van der Waals surface area contributed by atoms with Gasteiger partial charge in [-0.05, 0) is 77.3 Å². The van der Waals surface area contributed by atoms with Gasteiger partial charge in [-0.3, -0.25) is 4.79 Å². The van der Waals surface area contributed by atoms with E-state index in [1.54, 1.807) is 26.0 Å². The Morgan fingerprint density at radius 3 is 2.24 bits per heavy atom. The average Bonchev–Trinajstić information content (AvgIpc) is 2.80. The SMILES string of the molecule is CCOC(=O)c1ccc(C(C(C)=O)c2ccc3c(c2)C(c2ccccc2)=CCC3(C)C)cc1. The molecule has 0 aromatic heterocycles. The van der Waals surface area contributed by atoms with Gasteiger partial charge in [0.1, 0.15) is 5.78 Å². The van der Waals surface area contributed by atoms with Crippen LogP contribution in [0, 0.1) is 0 Å². The summed E-state index contributed by atoms with van der Waals surface area (Å²) < 4.78 is 5.08. The molecule has 1 aliphatic carbocycles. The topological polar surface area (TPSA) is 43.4 Å². The lowest BCUT2D eigenvalue weighted by atomic mass is 9.71. The number of fused-ring (bicyclic) bond motifs is 1. The van der Waals surface area contributed by atoms with Gasteiger partial charge >= 0.3 is 5.97 Å². The maximum absolute atomic E-state index is 12.8. The summed E-state index contributed by atoms with van der Waals surface area (Å²) in [7, 11) is 0. The molecule has 3 aromatic rings. The first-order valence-corrected chi connectivity index (χ1v) is 11.5. The van der Waals surface area contributed by atoms with Crippen LogP contribution in [-0.4, -0.2) is 18.4 Å². The number of ether oxygens (including phenoxy) is 1. The van der Waals surface area contributed by atoms with Crippen LogP contribution in [0.1, 0.15) is 78.2 Å². The third-order valence-corrected chi connectivity index (χ3v) is 6.46. The first-order chi connectivity index (χ1) is 15.8. The predicted octanol–water partition coefficient (Wildman–Crippen LogP) is 6.70. The fourth-order valence-corrected chi connectivity index (χ4v) is 4.71. The Hall–Kier alpha value is -3.46. The highest BCUT2D eigenvalue weighted by Gasteiger charge is 2.30. The first kappa shape index (κ1) is 22.7. The van der Waals surface area contributed by atoms with Crippen LogP contribution in [0.3, 0.4) is 0 Å². The van der Waals surface area contributed by atoms with Crippen LogP contribution in [-0.2, 0) is 14.9 Å². The van der Waals surface area contributed by atoms with Crippen LogP contribution in [0.5, 0.6) is 0 Å². The van der Waals surface area contributed by atoms with Crippen molar-refractivity contribution in [1.29, 1.82) is 0 Å². The third-order valence-electron chi connectivity index (χ3n) is 6.46. The molecule has 0 saturated carbocycles. The Morgan fingerprint density at radius 1 is 0.939 bits per heavy atom. The molecule has 1 unspecified atom stereocenters. The molecular weight excluding hydrogens is 408 g/mol. The van der Waals surface area contributed by atoms with Crippen molar-refractivity contribution >= 4 is 17.3 Å². The van der Waals surface area contributed by atoms with Gasteiger partial charge in [0.15, 0.2) is 0 Å². The molecule has 0 heterocycles. The highest BCUT2D eigenvalue weighted by Crippen LogP contribution is 2.43.